The van der Waals surface area contributed by atoms with E-state index in [2.05, 4.69) is 26.8 Å². The van der Waals surface area contributed by atoms with Crippen LogP contribution in [0.5, 0.6) is 0 Å². The van der Waals surface area contributed by atoms with Crippen molar-refractivity contribution >= 4 is 0 Å². The number of aliphatic hydroxyl groups excluding tert-OH is 14. The quantitative estimate of drug-likeness (QED) is 0.0655. The monoisotopic (exact) mass is 1080 g/mol. The van der Waals surface area contributed by atoms with E-state index < -0.39 is 161 Å². The number of aliphatic hydroxyl groups is 15. The molecule has 5 heterocycles. The number of allylic oxidation sites excluding steroid dienone is 1. The Bertz CT molecular complexity index is 1930. The Hall–Kier alpha value is -1.22. The Kier molecular flexibility index (Phi) is 17.9. The van der Waals surface area contributed by atoms with Crippen molar-refractivity contribution in [1.29, 1.82) is 0 Å². The largest absolute Gasteiger partial charge is 0.396 e. The molecule has 3 saturated carbocycles. The van der Waals surface area contributed by atoms with Gasteiger partial charge in [-0.3, -0.25) is 0 Å². The molecule has 0 spiro atoms. The summed E-state index contributed by atoms with van der Waals surface area (Å²) in [6.45, 7) is 5.58. The highest BCUT2D eigenvalue weighted by molar-refractivity contribution is 5.26. The van der Waals surface area contributed by atoms with Crippen LogP contribution < -0.4 is 0 Å². The van der Waals surface area contributed by atoms with Gasteiger partial charge >= 0.3 is 0 Å². The number of fused-ring (bicyclic) bond motifs is 7. The Labute approximate surface area is 435 Å². The molecule has 0 aromatic rings. The van der Waals surface area contributed by atoms with E-state index in [0.717, 1.165) is 32.1 Å². The van der Waals surface area contributed by atoms with Gasteiger partial charge in [-0.25, -0.2) is 0 Å². The SMILES string of the molecule is CC(CO)CCC1(O)O[C@H]2C[C@H]3[C@@H]4CC=C5C[C@@H](O[C@@H]6O[C@H](CO)[C@@H](O[C@@H]7O[C@H](CO)[C@@H](O)[C@H](O)[C@H]7O[C@@H]7O[C@H](CO)[C@@H](O[C@@H]8O[C@H](CO)[C@@H](O)[C@H](O)[C@H]8O)[C@H](O)[C@H]7O)[C@H](O)[C@H]6O)CC[C@]5(C)[C@H]4CC[C@]3(C)[C@H]2[C@@H]1C. The second-order valence-electron chi connectivity index (χ2n) is 23.8. The van der Waals surface area contributed by atoms with Crippen molar-refractivity contribution in [2.75, 3.05) is 33.0 Å². The first-order chi connectivity index (χ1) is 35.6. The van der Waals surface area contributed by atoms with E-state index in [-0.39, 0.29) is 41.3 Å². The van der Waals surface area contributed by atoms with Crippen LogP contribution in [0.1, 0.15) is 85.5 Å². The van der Waals surface area contributed by atoms with Gasteiger partial charge in [-0.15, -0.1) is 0 Å². The first-order valence-electron chi connectivity index (χ1n) is 27.1. The van der Waals surface area contributed by atoms with E-state index in [9.17, 15) is 76.6 Å². The summed E-state index contributed by atoms with van der Waals surface area (Å²) < 4.78 is 53.5. The summed E-state index contributed by atoms with van der Waals surface area (Å²) in [7, 11) is 0. The molecule has 9 aliphatic rings. The Balaban J connectivity index is 0.835. The molecule has 75 heavy (non-hydrogen) atoms. The summed E-state index contributed by atoms with van der Waals surface area (Å²) in [5, 5.41) is 161. The lowest BCUT2D eigenvalue weighted by atomic mass is 9.47. The second-order valence-corrected chi connectivity index (χ2v) is 23.8. The zero-order valence-electron chi connectivity index (χ0n) is 43.0. The van der Waals surface area contributed by atoms with Gasteiger partial charge in [-0.2, -0.15) is 0 Å². The molecule has 0 radical (unpaired) electrons. The van der Waals surface area contributed by atoms with Crippen LogP contribution in [0, 0.1) is 46.3 Å². The van der Waals surface area contributed by atoms with Crippen molar-refractivity contribution in [1.82, 2.24) is 0 Å². The smallest absolute Gasteiger partial charge is 0.187 e. The van der Waals surface area contributed by atoms with Gasteiger partial charge in [-0.05, 0) is 91.8 Å². The molecule has 0 aromatic carbocycles. The molecule has 5 aliphatic heterocycles. The predicted octanol–water partition coefficient (Wildman–Crippen LogP) is -4.03. The summed E-state index contributed by atoms with van der Waals surface area (Å²) in [6, 6.07) is 0. The van der Waals surface area contributed by atoms with Crippen molar-refractivity contribution in [2.45, 2.75) is 226 Å². The molecule has 0 bridgehead atoms. The van der Waals surface area contributed by atoms with Crippen LogP contribution in [-0.4, -0.2) is 250 Å². The molecule has 8 fully saturated rings. The van der Waals surface area contributed by atoms with E-state index in [0.29, 0.717) is 43.4 Å². The van der Waals surface area contributed by atoms with Crippen LogP contribution in [0.15, 0.2) is 11.6 Å². The Morgan fingerprint density at radius 2 is 1.11 bits per heavy atom. The predicted molar refractivity (Wildman–Crippen MR) is 252 cm³/mol. The van der Waals surface area contributed by atoms with Crippen LogP contribution in [-0.2, 0) is 42.6 Å². The molecule has 9 rings (SSSR count). The van der Waals surface area contributed by atoms with Gasteiger partial charge in [0.2, 0.25) is 0 Å². The van der Waals surface area contributed by atoms with E-state index in [1.165, 1.54) is 5.57 Å². The minimum absolute atomic E-state index is 0.0176. The highest BCUT2D eigenvalue weighted by Crippen LogP contribution is 2.70. The van der Waals surface area contributed by atoms with E-state index in [4.69, 9.17) is 42.6 Å². The average molecular weight is 1080 g/mol. The van der Waals surface area contributed by atoms with E-state index in [1.807, 2.05) is 6.92 Å². The number of hydrogen-bond donors (Lipinski definition) is 15. The summed E-state index contributed by atoms with van der Waals surface area (Å²) in [6.07, 6.45) is -26.3. The number of hydrogen-bond acceptors (Lipinski definition) is 24. The van der Waals surface area contributed by atoms with Gasteiger partial charge in [0, 0.05) is 18.9 Å². The first kappa shape index (κ1) is 58.4. The fraction of sp³-hybridized carbons (Fsp3) is 0.961. The molecule has 2 unspecified atom stereocenters. The molecular weight excluding hydrogens is 997 g/mol. The van der Waals surface area contributed by atoms with Crippen molar-refractivity contribution in [2.24, 2.45) is 46.3 Å². The van der Waals surface area contributed by atoms with Gasteiger partial charge in [-0.1, -0.05) is 39.3 Å². The minimum atomic E-state index is -2.09. The number of ether oxygens (including phenoxy) is 9. The molecular formula is C51H84O24. The standard InChI is InChI=1S/C51H84O24/c1-20(15-52)7-12-51(66)21(2)32-27(75-51)14-26-24-6-5-22-13-23(8-10-49(22,3)25(24)9-11-50(26,32)4)67-45-40(64)37(61)43(31(19-56)70-45)73-48-44(36(60)34(58)29(17-54)69-48)74-47-41(65)38(62)42(30(18-55)71-47)72-46-39(63)35(59)33(57)28(16-53)68-46/h5,20-21,23-48,52-66H,6-19H2,1-4H3/t20?,21-,23-,24+,25-,26-,27-,28+,29+,30+,31+,32-,33+,34+,35-,36-,37+,38+,39+,40+,41+,42+,43+,44+,45+,46-,47-,48-,49-,50-,51?/m0/s1. The topological polar surface area (TPSA) is 387 Å². The molecule has 432 valence electrons. The summed E-state index contributed by atoms with van der Waals surface area (Å²) in [5.41, 5.74) is 1.19. The molecule has 5 saturated heterocycles. The molecule has 24 nitrogen and oxygen atoms in total. The Morgan fingerprint density at radius 1 is 0.600 bits per heavy atom. The van der Waals surface area contributed by atoms with Gasteiger partial charge in [0.1, 0.15) is 97.7 Å². The van der Waals surface area contributed by atoms with Gasteiger partial charge in [0.05, 0.1) is 38.6 Å². The highest BCUT2D eigenvalue weighted by atomic mass is 16.8. The maximum absolute atomic E-state index is 11.7. The lowest BCUT2D eigenvalue weighted by molar-refractivity contribution is -0.397. The van der Waals surface area contributed by atoms with Crippen LogP contribution in [0.2, 0.25) is 0 Å². The normalized spacial score (nSPS) is 54.3. The molecule has 24 heteroatoms. The van der Waals surface area contributed by atoms with E-state index >= 15 is 0 Å². The minimum Gasteiger partial charge on any atom is -0.396 e. The third-order valence-electron chi connectivity index (χ3n) is 19.6. The molecule has 0 amide bonds. The third-order valence-corrected chi connectivity index (χ3v) is 19.6. The van der Waals surface area contributed by atoms with Crippen molar-refractivity contribution < 1.29 is 119 Å². The van der Waals surface area contributed by atoms with Gasteiger partial charge < -0.3 is 119 Å². The second kappa shape index (κ2) is 23.0. The van der Waals surface area contributed by atoms with Gasteiger partial charge in [0.15, 0.2) is 30.9 Å². The van der Waals surface area contributed by atoms with Crippen molar-refractivity contribution in [3.8, 4) is 0 Å². The van der Waals surface area contributed by atoms with Crippen LogP contribution in [0.25, 0.3) is 0 Å². The molecule has 4 aliphatic carbocycles. The molecule has 0 aromatic heterocycles. The lowest BCUT2D eigenvalue weighted by Crippen LogP contribution is -2.68. The van der Waals surface area contributed by atoms with Crippen molar-refractivity contribution in [3.05, 3.63) is 11.6 Å². The fourth-order valence-electron chi connectivity index (χ4n) is 15.1. The molecule has 31 atom stereocenters. The van der Waals surface area contributed by atoms with Crippen LogP contribution in [0.4, 0.5) is 0 Å². The zero-order valence-corrected chi connectivity index (χ0v) is 43.0. The molecule has 15 N–H and O–H groups in total. The maximum atomic E-state index is 11.7. The van der Waals surface area contributed by atoms with Crippen LogP contribution >= 0.6 is 0 Å². The fourth-order valence-corrected chi connectivity index (χ4v) is 15.1. The first-order valence-corrected chi connectivity index (χ1v) is 27.1. The van der Waals surface area contributed by atoms with E-state index in [1.54, 1.807) is 0 Å². The lowest BCUT2D eigenvalue weighted by Gasteiger charge is -2.58. The number of rotatable bonds is 16. The summed E-state index contributed by atoms with van der Waals surface area (Å²) in [5.74, 6) is 0.400. The Morgan fingerprint density at radius 3 is 1.69 bits per heavy atom. The third kappa shape index (κ3) is 10.5. The van der Waals surface area contributed by atoms with Crippen molar-refractivity contribution in [3.63, 3.8) is 0 Å². The van der Waals surface area contributed by atoms with Crippen LogP contribution in [0.3, 0.4) is 0 Å². The average Bonchev–Trinajstić information content (AvgIpc) is 3.89. The summed E-state index contributed by atoms with van der Waals surface area (Å²) in [4.78, 5) is 0. The highest BCUT2D eigenvalue weighted by Gasteiger charge is 2.68. The zero-order chi connectivity index (χ0) is 54.2. The summed E-state index contributed by atoms with van der Waals surface area (Å²) >= 11 is 0. The van der Waals surface area contributed by atoms with Gasteiger partial charge in [0.25, 0.3) is 0 Å². The maximum Gasteiger partial charge on any atom is 0.187 e.